The molecule has 8 nitrogen and oxygen atoms in total. The summed E-state index contributed by atoms with van der Waals surface area (Å²) in [7, 11) is 0. The molecule has 5 aromatic rings. The van der Waals surface area contributed by atoms with E-state index in [1.165, 1.54) is 0 Å². The van der Waals surface area contributed by atoms with Crippen molar-refractivity contribution in [1.82, 2.24) is 20.0 Å². The lowest BCUT2D eigenvalue weighted by molar-refractivity contribution is 0.0526. The third-order valence-corrected chi connectivity index (χ3v) is 5.57. The predicted octanol–water partition coefficient (Wildman–Crippen LogP) is 4.86. The van der Waals surface area contributed by atoms with E-state index in [2.05, 4.69) is 15.3 Å². The molecule has 0 bridgehead atoms. The normalized spacial score (nSPS) is 11.6. The Morgan fingerprint density at radius 2 is 1.86 bits per heavy atom. The highest BCUT2D eigenvalue weighted by Crippen LogP contribution is 2.32. The summed E-state index contributed by atoms with van der Waals surface area (Å²) in [5.74, 6) is -0.431. The fourth-order valence-electron chi connectivity index (χ4n) is 3.93. The number of ether oxygens (including phenoxy) is 1. The highest BCUT2D eigenvalue weighted by atomic mass is 16.5. The largest absolute Gasteiger partial charge is 0.494 e. The zero-order chi connectivity index (χ0) is 24.2. The van der Waals surface area contributed by atoms with Crippen molar-refractivity contribution in [3.8, 4) is 5.88 Å². The first kappa shape index (κ1) is 22.1. The van der Waals surface area contributed by atoms with Crippen molar-refractivity contribution in [3.63, 3.8) is 0 Å². The van der Waals surface area contributed by atoms with Crippen molar-refractivity contribution < 1.29 is 14.6 Å². The highest BCUT2D eigenvalue weighted by Gasteiger charge is 2.20. The summed E-state index contributed by atoms with van der Waals surface area (Å²) in [5, 5.41) is 19.5. The van der Waals surface area contributed by atoms with Gasteiger partial charge in [-0.1, -0.05) is 53.7 Å². The SMILES string of the molecule is CCOC(=O)c1ccc2c(C(=Nc3ccc(Cn4ccnn4)cc3)c3ccccc3)c(O)[nH]c2c1. The van der Waals surface area contributed by atoms with E-state index in [-0.39, 0.29) is 5.88 Å². The Kier molecular flexibility index (Phi) is 6.09. The Morgan fingerprint density at radius 1 is 1.06 bits per heavy atom. The van der Waals surface area contributed by atoms with E-state index in [1.807, 2.05) is 60.8 Å². The van der Waals surface area contributed by atoms with Gasteiger partial charge in [0.25, 0.3) is 0 Å². The summed E-state index contributed by atoms with van der Waals surface area (Å²) in [6, 6.07) is 22.7. The number of hydrogen-bond donors (Lipinski definition) is 2. The predicted molar refractivity (Wildman–Crippen MR) is 133 cm³/mol. The van der Waals surface area contributed by atoms with Crippen LogP contribution in [-0.2, 0) is 11.3 Å². The van der Waals surface area contributed by atoms with E-state index in [4.69, 9.17) is 9.73 Å². The molecule has 8 heteroatoms. The van der Waals surface area contributed by atoms with Crippen LogP contribution in [0.3, 0.4) is 0 Å². The monoisotopic (exact) mass is 465 g/mol. The summed E-state index contributed by atoms with van der Waals surface area (Å²) < 4.78 is 6.86. The maximum absolute atomic E-state index is 12.2. The summed E-state index contributed by atoms with van der Waals surface area (Å²) in [4.78, 5) is 20.1. The van der Waals surface area contributed by atoms with E-state index >= 15 is 0 Å². The van der Waals surface area contributed by atoms with Crippen LogP contribution in [0.25, 0.3) is 10.9 Å². The number of nitrogens with zero attached hydrogens (tertiary/aromatic N) is 4. The standard InChI is InChI=1S/C27H23N5O3/c1-2-35-27(34)20-10-13-22-23(16-20)30-26(33)24(22)25(19-6-4-3-5-7-19)29-21-11-8-18(9-12-21)17-32-15-14-28-31-32/h3-16,30,33H,2,17H2,1H3. The van der Waals surface area contributed by atoms with Gasteiger partial charge in [0.15, 0.2) is 5.88 Å². The van der Waals surface area contributed by atoms with Gasteiger partial charge in [-0.15, -0.1) is 5.10 Å². The molecule has 0 aliphatic rings. The van der Waals surface area contributed by atoms with Gasteiger partial charge in [-0.05, 0) is 36.8 Å². The number of fused-ring (bicyclic) bond motifs is 1. The number of aromatic amines is 1. The molecule has 0 saturated heterocycles. The van der Waals surface area contributed by atoms with Crippen LogP contribution in [0.2, 0.25) is 0 Å². The molecule has 0 amide bonds. The zero-order valence-corrected chi connectivity index (χ0v) is 19.0. The van der Waals surface area contributed by atoms with Crippen LogP contribution in [0.15, 0.2) is 90.2 Å². The molecule has 3 aromatic carbocycles. The van der Waals surface area contributed by atoms with Gasteiger partial charge < -0.3 is 14.8 Å². The first-order chi connectivity index (χ1) is 17.1. The second-order valence-corrected chi connectivity index (χ2v) is 7.92. The highest BCUT2D eigenvalue weighted by molar-refractivity contribution is 6.22. The van der Waals surface area contributed by atoms with Crippen molar-refractivity contribution in [2.45, 2.75) is 13.5 Å². The smallest absolute Gasteiger partial charge is 0.338 e. The minimum absolute atomic E-state index is 0.0218. The molecule has 0 aliphatic heterocycles. The Morgan fingerprint density at radius 3 is 2.57 bits per heavy atom. The summed E-state index contributed by atoms with van der Waals surface area (Å²) >= 11 is 0. The molecule has 174 valence electrons. The quantitative estimate of drug-likeness (QED) is 0.264. The minimum atomic E-state index is -0.409. The minimum Gasteiger partial charge on any atom is -0.494 e. The molecule has 2 heterocycles. The average Bonchev–Trinajstić information content (AvgIpc) is 3.50. The number of carbonyl (C=O) groups is 1. The Balaban J connectivity index is 1.57. The third kappa shape index (κ3) is 4.67. The molecule has 0 saturated carbocycles. The number of hydrogen-bond acceptors (Lipinski definition) is 6. The number of H-pyrrole nitrogens is 1. The van der Waals surface area contributed by atoms with Gasteiger partial charge in [0.1, 0.15) is 0 Å². The van der Waals surface area contributed by atoms with Crippen molar-refractivity contribution in [2.75, 3.05) is 6.61 Å². The second kappa shape index (κ2) is 9.64. The maximum atomic E-state index is 12.2. The number of esters is 1. The third-order valence-electron chi connectivity index (χ3n) is 5.57. The van der Waals surface area contributed by atoms with Gasteiger partial charge in [-0.2, -0.15) is 0 Å². The molecule has 0 fully saturated rings. The Labute approximate surface area is 201 Å². The van der Waals surface area contributed by atoms with Crippen LogP contribution in [0.1, 0.15) is 34.0 Å². The van der Waals surface area contributed by atoms with Gasteiger partial charge in [0, 0.05) is 22.7 Å². The lowest BCUT2D eigenvalue weighted by Crippen LogP contribution is -2.05. The summed E-state index contributed by atoms with van der Waals surface area (Å²) in [6.45, 7) is 2.67. The summed E-state index contributed by atoms with van der Waals surface area (Å²) in [5.41, 5.74) is 4.86. The number of nitrogens with one attached hydrogen (secondary N) is 1. The maximum Gasteiger partial charge on any atom is 0.338 e. The molecule has 0 spiro atoms. The van der Waals surface area contributed by atoms with Crippen LogP contribution in [0, 0.1) is 0 Å². The van der Waals surface area contributed by atoms with Gasteiger partial charge >= 0.3 is 5.97 Å². The van der Waals surface area contributed by atoms with Gasteiger partial charge in [0.2, 0.25) is 0 Å². The Hall–Kier alpha value is -4.72. The fourth-order valence-corrected chi connectivity index (χ4v) is 3.93. The van der Waals surface area contributed by atoms with Crippen molar-refractivity contribution in [2.24, 2.45) is 4.99 Å². The molecular weight excluding hydrogens is 442 g/mol. The van der Waals surface area contributed by atoms with E-state index < -0.39 is 5.97 Å². The van der Waals surface area contributed by atoms with Crippen molar-refractivity contribution in [1.29, 1.82) is 0 Å². The first-order valence-electron chi connectivity index (χ1n) is 11.2. The molecule has 0 radical (unpaired) electrons. The second-order valence-electron chi connectivity index (χ2n) is 7.92. The van der Waals surface area contributed by atoms with Crippen LogP contribution in [0.4, 0.5) is 5.69 Å². The molecule has 0 unspecified atom stereocenters. The van der Waals surface area contributed by atoms with Crippen LogP contribution >= 0.6 is 0 Å². The molecule has 5 rings (SSSR count). The molecular formula is C27H23N5O3. The number of aromatic nitrogens is 4. The van der Waals surface area contributed by atoms with Gasteiger partial charge in [0.05, 0.1) is 41.9 Å². The number of rotatable bonds is 7. The van der Waals surface area contributed by atoms with Gasteiger partial charge in [-0.3, -0.25) is 0 Å². The number of aliphatic imine (C=N–C) groups is 1. The molecule has 2 aromatic heterocycles. The van der Waals surface area contributed by atoms with Crippen LogP contribution in [0.5, 0.6) is 5.88 Å². The fraction of sp³-hybridized carbons (Fsp3) is 0.111. The number of aromatic hydroxyl groups is 1. The summed E-state index contributed by atoms with van der Waals surface area (Å²) in [6.07, 6.45) is 3.46. The first-order valence-corrected chi connectivity index (χ1v) is 11.2. The van der Waals surface area contributed by atoms with Gasteiger partial charge in [-0.25, -0.2) is 14.5 Å². The van der Waals surface area contributed by atoms with Crippen LogP contribution in [-0.4, -0.2) is 43.4 Å². The van der Waals surface area contributed by atoms with E-state index in [1.54, 1.807) is 36.0 Å². The topological polar surface area (TPSA) is 105 Å². The van der Waals surface area contributed by atoms with E-state index in [0.29, 0.717) is 35.5 Å². The lowest BCUT2D eigenvalue weighted by Gasteiger charge is -2.09. The molecule has 0 aliphatic carbocycles. The zero-order valence-electron chi connectivity index (χ0n) is 19.0. The van der Waals surface area contributed by atoms with Crippen molar-refractivity contribution in [3.05, 3.63) is 107 Å². The number of carbonyl (C=O) groups excluding carboxylic acids is 1. The average molecular weight is 466 g/mol. The molecule has 2 N–H and O–H groups in total. The number of benzene rings is 3. The van der Waals surface area contributed by atoms with Crippen LogP contribution < -0.4 is 0 Å². The lowest BCUT2D eigenvalue weighted by atomic mass is 10.00. The van der Waals surface area contributed by atoms with E-state index in [9.17, 15) is 9.90 Å². The molecule has 0 atom stereocenters. The molecule has 35 heavy (non-hydrogen) atoms. The Bertz CT molecular complexity index is 1490. The van der Waals surface area contributed by atoms with Crippen molar-refractivity contribution >= 4 is 28.3 Å². The van der Waals surface area contributed by atoms with E-state index in [0.717, 1.165) is 22.2 Å².